The van der Waals surface area contributed by atoms with Gasteiger partial charge >= 0.3 is 18.0 Å². The predicted octanol–water partition coefficient (Wildman–Crippen LogP) is 6.29. The molecule has 0 radical (unpaired) electrons. The summed E-state index contributed by atoms with van der Waals surface area (Å²) in [4.78, 5) is 39.3. The first-order valence-corrected chi connectivity index (χ1v) is 17.1. The number of ether oxygens (including phenoxy) is 4. The first kappa shape index (κ1) is 39.5. The minimum Gasteiger partial charge on any atom is -0.494 e. The fourth-order valence-corrected chi connectivity index (χ4v) is 5.11. The normalized spacial score (nSPS) is 13.7. The summed E-state index contributed by atoms with van der Waals surface area (Å²) in [5.74, 6) is -1.50. The van der Waals surface area contributed by atoms with Crippen molar-refractivity contribution in [3.8, 4) is 5.75 Å². The van der Waals surface area contributed by atoms with Gasteiger partial charge in [-0.25, -0.2) is 9.59 Å². The van der Waals surface area contributed by atoms with E-state index in [0.29, 0.717) is 12.2 Å². The molecule has 2 rings (SSSR count). The number of esters is 2. The van der Waals surface area contributed by atoms with Crippen molar-refractivity contribution < 1.29 is 45.9 Å². The number of alkyl carbamates (subject to hydrolysis) is 1. The maximum atomic E-state index is 13.4. The first-order chi connectivity index (χ1) is 21.5. The Morgan fingerprint density at radius 1 is 0.723 bits per heavy atom. The van der Waals surface area contributed by atoms with Crippen LogP contribution in [-0.4, -0.2) is 62.5 Å². The lowest BCUT2D eigenvalue weighted by Crippen LogP contribution is -2.48. The molecule has 2 aromatic carbocycles. The Hall–Kier alpha value is -3.64. The average molecular weight is 678 g/mol. The van der Waals surface area contributed by atoms with E-state index in [-0.39, 0.29) is 31.0 Å². The van der Waals surface area contributed by atoms with Gasteiger partial charge in [-0.2, -0.15) is 8.42 Å². The lowest BCUT2D eigenvalue weighted by molar-refractivity contribution is -0.162. The Labute approximate surface area is 279 Å². The third-order valence-corrected chi connectivity index (χ3v) is 7.48. The number of carbonyl (C=O) groups excluding carboxylic acids is 3. The van der Waals surface area contributed by atoms with E-state index >= 15 is 0 Å². The van der Waals surface area contributed by atoms with Crippen LogP contribution >= 0.6 is 0 Å². The van der Waals surface area contributed by atoms with Crippen LogP contribution in [0.2, 0.25) is 0 Å². The maximum absolute atomic E-state index is 13.4. The zero-order valence-electron chi connectivity index (χ0n) is 29.3. The molecule has 2 atom stereocenters. The van der Waals surface area contributed by atoms with Gasteiger partial charge in [0.15, 0.2) is 0 Å². The molecule has 0 spiro atoms. The number of aryl methyl sites for hydroxylation is 1. The SMILES string of the molecule is Cc1ccc(S(=O)(=O)OCCCOc2ccc(C[C@@H](C[C@H](NC(=O)OC(C)(C)C)C(=O)OC(C)(C)C)C(=O)OC(C)(C)C)cc2)cc1. The Kier molecular flexibility index (Phi) is 13.8. The molecular weight excluding hydrogens is 626 g/mol. The summed E-state index contributed by atoms with van der Waals surface area (Å²) >= 11 is 0. The molecule has 0 aliphatic carbocycles. The maximum Gasteiger partial charge on any atom is 0.408 e. The molecule has 0 aromatic heterocycles. The molecule has 0 saturated heterocycles. The van der Waals surface area contributed by atoms with Gasteiger partial charge in [-0.15, -0.1) is 0 Å². The summed E-state index contributed by atoms with van der Waals surface area (Å²) in [5, 5.41) is 2.58. The van der Waals surface area contributed by atoms with Gasteiger partial charge in [0.1, 0.15) is 28.6 Å². The van der Waals surface area contributed by atoms with Crippen LogP contribution in [-0.2, 0) is 44.5 Å². The van der Waals surface area contributed by atoms with E-state index in [9.17, 15) is 22.8 Å². The van der Waals surface area contributed by atoms with E-state index in [1.54, 1.807) is 98.7 Å². The van der Waals surface area contributed by atoms with Gasteiger partial charge in [0, 0.05) is 6.42 Å². The monoisotopic (exact) mass is 677 g/mol. The molecule has 0 saturated carbocycles. The van der Waals surface area contributed by atoms with Crippen molar-refractivity contribution in [2.75, 3.05) is 13.2 Å². The summed E-state index contributed by atoms with van der Waals surface area (Å²) in [6.07, 6.45) is -0.359. The number of hydrogen-bond donors (Lipinski definition) is 1. The number of nitrogens with one attached hydrogen (secondary N) is 1. The highest BCUT2D eigenvalue weighted by molar-refractivity contribution is 7.86. The van der Waals surface area contributed by atoms with Gasteiger partial charge in [0.25, 0.3) is 10.1 Å². The molecule has 2 aromatic rings. The van der Waals surface area contributed by atoms with Gasteiger partial charge < -0.3 is 24.3 Å². The van der Waals surface area contributed by atoms with Crippen molar-refractivity contribution in [3.63, 3.8) is 0 Å². The summed E-state index contributed by atoms with van der Waals surface area (Å²) in [7, 11) is -3.85. The van der Waals surface area contributed by atoms with E-state index in [0.717, 1.165) is 11.1 Å². The second-order valence-corrected chi connectivity index (χ2v) is 16.0. The van der Waals surface area contributed by atoms with Crippen LogP contribution in [0.1, 0.15) is 86.3 Å². The van der Waals surface area contributed by atoms with Crippen LogP contribution in [0.15, 0.2) is 53.4 Å². The fraction of sp³-hybridized carbons (Fsp3) is 0.571. The lowest BCUT2D eigenvalue weighted by atomic mass is 9.92. The lowest BCUT2D eigenvalue weighted by Gasteiger charge is -2.29. The van der Waals surface area contributed by atoms with E-state index in [1.807, 2.05) is 6.92 Å². The highest BCUT2D eigenvalue weighted by atomic mass is 32.2. The van der Waals surface area contributed by atoms with Crippen molar-refractivity contribution in [1.82, 2.24) is 5.32 Å². The Morgan fingerprint density at radius 3 is 1.79 bits per heavy atom. The third kappa shape index (κ3) is 15.7. The van der Waals surface area contributed by atoms with Gasteiger partial charge in [-0.3, -0.25) is 8.98 Å². The van der Waals surface area contributed by atoms with Gasteiger partial charge in [0.05, 0.1) is 24.0 Å². The van der Waals surface area contributed by atoms with E-state index in [4.69, 9.17) is 23.1 Å². The summed E-state index contributed by atoms with van der Waals surface area (Å²) in [6.45, 7) is 17.6. The number of carbonyl (C=O) groups is 3. The van der Waals surface area contributed by atoms with Gasteiger partial charge in [-0.05, 0) is 112 Å². The summed E-state index contributed by atoms with van der Waals surface area (Å²) in [5.41, 5.74) is -0.701. The molecular formula is C35H51NO10S. The molecule has 0 fully saturated rings. The largest absolute Gasteiger partial charge is 0.494 e. The van der Waals surface area contributed by atoms with Crippen LogP contribution in [0.4, 0.5) is 4.79 Å². The second kappa shape index (κ2) is 16.5. The van der Waals surface area contributed by atoms with Crippen molar-refractivity contribution in [3.05, 3.63) is 59.7 Å². The molecule has 0 bridgehead atoms. The molecule has 1 amide bonds. The van der Waals surface area contributed by atoms with Crippen molar-refractivity contribution >= 4 is 28.1 Å². The second-order valence-electron chi connectivity index (χ2n) is 14.3. The topological polar surface area (TPSA) is 144 Å². The molecule has 0 heterocycles. The summed E-state index contributed by atoms with van der Waals surface area (Å²) < 4.78 is 52.2. The van der Waals surface area contributed by atoms with Crippen molar-refractivity contribution in [2.45, 2.75) is 116 Å². The average Bonchev–Trinajstić information content (AvgIpc) is 2.90. The molecule has 1 N–H and O–H groups in total. The number of amides is 1. The zero-order chi connectivity index (χ0) is 35.6. The number of rotatable bonds is 14. The third-order valence-electron chi connectivity index (χ3n) is 6.15. The van der Waals surface area contributed by atoms with Crippen LogP contribution < -0.4 is 10.1 Å². The van der Waals surface area contributed by atoms with Crippen LogP contribution in [0, 0.1) is 12.8 Å². The zero-order valence-corrected chi connectivity index (χ0v) is 30.1. The smallest absolute Gasteiger partial charge is 0.408 e. The quantitative estimate of drug-likeness (QED) is 0.105. The fourth-order valence-electron chi connectivity index (χ4n) is 4.17. The van der Waals surface area contributed by atoms with Gasteiger partial charge in [-0.1, -0.05) is 29.8 Å². The molecule has 11 nitrogen and oxygen atoms in total. The van der Waals surface area contributed by atoms with Crippen LogP contribution in [0.3, 0.4) is 0 Å². The molecule has 47 heavy (non-hydrogen) atoms. The molecule has 12 heteroatoms. The van der Waals surface area contributed by atoms with E-state index in [2.05, 4.69) is 5.32 Å². The summed E-state index contributed by atoms with van der Waals surface area (Å²) in [6, 6.07) is 12.3. The van der Waals surface area contributed by atoms with E-state index < -0.39 is 56.9 Å². The molecule has 0 unspecified atom stereocenters. The molecule has 0 aliphatic rings. The van der Waals surface area contributed by atoms with Gasteiger partial charge in [0.2, 0.25) is 0 Å². The Morgan fingerprint density at radius 2 is 1.26 bits per heavy atom. The van der Waals surface area contributed by atoms with Crippen molar-refractivity contribution in [2.24, 2.45) is 5.92 Å². The standard InChI is InChI=1S/C35H51NO10S/c1-24-12-18-28(19-13-24)47(40,41)43-21-11-20-42-27-16-14-25(15-17-27)22-26(30(37)44-33(2,3)4)23-29(31(38)45-34(5,6)7)36-32(39)46-35(8,9)10/h12-19,26,29H,11,20-23H2,1-10H3,(H,36,39)/t26-,29-/m0/s1. The molecule has 0 aliphatic heterocycles. The Bertz CT molecular complexity index is 1430. The number of hydrogen-bond acceptors (Lipinski definition) is 10. The molecule has 262 valence electrons. The Balaban J connectivity index is 2.10. The van der Waals surface area contributed by atoms with Crippen molar-refractivity contribution in [1.29, 1.82) is 0 Å². The van der Waals surface area contributed by atoms with E-state index in [1.165, 1.54) is 12.1 Å². The minimum absolute atomic E-state index is 0.0397. The highest BCUT2D eigenvalue weighted by Crippen LogP contribution is 2.24. The minimum atomic E-state index is -3.85. The highest BCUT2D eigenvalue weighted by Gasteiger charge is 2.35. The number of benzene rings is 2. The van der Waals surface area contributed by atoms with Crippen LogP contribution in [0.5, 0.6) is 5.75 Å². The first-order valence-electron chi connectivity index (χ1n) is 15.7. The predicted molar refractivity (Wildman–Crippen MR) is 178 cm³/mol. The van der Waals surface area contributed by atoms with Crippen LogP contribution in [0.25, 0.3) is 0 Å².